The van der Waals surface area contributed by atoms with Crippen molar-refractivity contribution in [2.24, 2.45) is 0 Å². The van der Waals surface area contributed by atoms with Gasteiger partial charge in [-0.2, -0.15) is 5.10 Å². The quantitative estimate of drug-likeness (QED) is 0.854. The molecule has 0 bridgehead atoms. The van der Waals surface area contributed by atoms with Gasteiger partial charge in [0.05, 0.1) is 5.69 Å². The van der Waals surface area contributed by atoms with Gasteiger partial charge < -0.3 is 9.88 Å². The summed E-state index contributed by atoms with van der Waals surface area (Å²) < 4.78 is 3.83. The summed E-state index contributed by atoms with van der Waals surface area (Å²) in [6.45, 7) is 6.55. The van der Waals surface area contributed by atoms with Gasteiger partial charge in [-0.3, -0.25) is 4.79 Å². The summed E-state index contributed by atoms with van der Waals surface area (Å²) >= 11 is 5.86. The number of hydrogen-bond donors (Lipinski definition) is 1. The minimum absolute atomic E-state index is 0.0540. The molecule has 0 aliphatic carbocycles. The molecule has 2 rings (SSSR count). The molecule has 1 atom stereocenters. The van der Waals surface area contributed by atoms with Gasteiger partial charge in [0.25, 0.3) is 0 Å². The number of nitrogens with zero attached hydrogens (tertiary/aromatic N) is 4. The van der Waals surface area contributed by atoms with Crippen molar-refractivity contribution < 1.29 is 4.79 Å². The van der Waals surface area contributed by atoms with Crippen molar-refractivity contribution >= 4 is 28.7 Å². The van der Waals surface area contributed by atoms with Gasteiger partial charge in [0, 0.05) is 25.9 Å². The summed E-state index contributed by atoms with van der Waals surface area (Å²) in [5.41, 5.74) is 2.62. The Morgan fingerprint density at radius 1 is 1.50 bits per heavy atom. The number of hydrogen-bond acceptors (Lipinski definition) is 3. The first-order valence-corrected chi connectivity index (χ1v) is 7.30. The van der Waals surface area contributed by atoms with Gasteiger partial charge in [-0.05, 0) is 20.8 Å². The standard InChI is InChI=1S/C13H20ClN5O/c1-5-18-13-11(8(2)17-18)16-10(6-7-14)19(13)9(3)12(20)15-4/h9H,5-7H2,1-4H3,(H,15,20). The van der Waals surface area contributed by atoms with E-state index in [2.05, 4.69) is 15.4 Å². The van der Waals surface area contributed by atoms with Crippen LogP contribution in [0, 0.1) is 6.92 Å². The van der Waals surface area contributed by atoms with Crippen LogP contribution in [0.1, 0.15) is 31.4 Å². The van der Waals surface area contributed by atoms with Crippen LogP contribution in [0.4, 0.5) is 0 Å². The zero-order valence-electron chi connectivity index (χ0n) is 12.3. The average Bonchev–Trinajstić information content (AvgIpc) is 2.95. The third-order valence-corrected chi connectivity index (χ3v) is 3.64. The zero-order chi connectivity index (χ0) is 14.9. The van der Waals surface area contributed by atoms with Crippen LogP contribution in [0.25, 0.3) is 11.2 Å². The Bertz CT molecular complexity index is 630. The molecule has 2 aromatic rings. The van der Waals surface area contributed by atoms with E-state index >= 15 is 0 Å². The number of aryl methyl sites for hydroxylation is 3. The molecule has 1 unspecified atom stereocenters. The summed E-state index contributed by atoms with van der Waals surface area (Å²) in [7, 11) is 1.64. The smallest absolute Gasteiger partial charge is 0.242 e. The van der Waals surface area contributed by atoms with Crippen molar-refractivity contribution in [3.63, 3.8) is 0 Å². The molecule has 7 heteroatoms. The third kappa shape index (κ3) is 2.28. The summed E-state index contributed by atoms with van der Waals surface area (Å²) in [6.07, 6.45) is 0.626. The number of likely N-dealkylation sites (N-methyl/N-ethyl adjacent to an activating group) is 1. The number of amides is 1. The fourth-order valence-corrected chi connectivity index (χ4v) is 2.62. The first-order chi connectivity index (χ1) is 9.54. The lowest BCUT2D eigenvalue weighted by molar-refractivity contribution is -0.123. The normalized spacial score (nSPS) is 12.8. The van der Waals surface area contributed by atoms with Gasteiger partial charge in [0.15, 0.2) is 5.65 Å². The van der Waals surface area contributed by atoms with Gasteiger partial charge >= 0.3 is 0 Å². The predicted octanol–water partition coefficient (Wildman–Crippen LogP) is 1.65. The van der Waals surface area contributed by atoms with Gasteiger partial charge in [-0.1, -0.05) is 0 Å². The number of carbonyl (C=O) groups excluding carboxylic acids is 1. The topological polar surface area (TPSA) is 64.7 Å². The molecule has 0 aromatic carbocycles. The minimum atomic E-state index is -0.343. The maximum atomic E-state index is 12.0. The van der Waals surface area contributed by atoms with Crippen LogP contribution in [-0.4, -0.2) is 38.2 Å². The largest absolute Gasteiger partial charge is 0.357 e. The third-order valence-electron chi connectivity index (χ3n) is 3.45. The molecule has 0 spiro atoms. The Hall–Kier alpha value is -1.56. The van der Waals surface area contributed by atoms with Crippen LogP contribution >= 0.6 is 11.6 Å². The number of aromatic nitrogens is 4. The molecule has 110 valence electrons. The van der Waals surface area contributed by atoms with Crippen molar-refractivity contribution in [2.45, 2.75) is 39.8 Å². The lowest BCUT2D eigenvalue weighted by Gasteiger charge is -2.16. The zero-order valence-corrected chi connectivity index (χ0v) is 13.0. The van der Waals surface area contributed by atoms with E-state index in [9.17, 15) is 4.79 Å². The van der Waals surface area contributed by atoms with Gasteiger partial charge in [0.2, 0.25) is 5.91 Å². The fourth-order valence-electron chi connectivity index (χ4n) is 2.45. The predicted molar refractivity (Wildman–Crippen MR) is 79.1 cm³/mol. The number of imidazole rings is 1. The highest BCUT2D eigenvalue weighted by atomic mass is 35.5. The molecule has 1 N–H and O–H groups in total. The Labute approximate surface area is 123 Å². The number of fused-ring (bicyclic) bond motifs is 1. The van der Waals surface area contributed by atoms with E-state index in [-0.39, 0.29) is 11.9 Å². The highest BCUT2D eigenvalue weighted by Gasteiger charge is 2.24. The molecule has 2 aromatic heterocycles. The number of rotatable bonds is 5. The van der Waals surface area contributed by atoms with Crippen LogP contribution in [0.5, 0.6) is 0 Å². The number of carbonyl (C=O) groups is 1. The molecule has 6 nitrogen and oxygen atoms in total. The second kappa shape index (κ2) is 5.83. The van der Waals surface area contributed by atoms with Gasteiger partial charge in [0.1, 0.15) is 17.4 Å². The maximum Gasteiger partial charge on any atom is 0.242 e. The molecule has 0 radical (unpaired) electrons. The second-order valence-corrected chi connectivity index (χ2v) is 5.08. The van der Waals surface area contributed by atoms with Crippen molar-refractivity contribution in [3.8, 4) is 0 Å². The summed E-state index contributed by atoms with van der Waals surface area (Å²) in [5.74, 6) is 1.24. The lowest BCUT2D eigenvalue weighted by atomic mass is 10.3. The van der Waals surface area contributed by atoms with Crippen molar-refractivity contribution in [2.75, 3.05) is 12.9 Å². The van der Waals surface area contributed by atoms with Gasteiger partial charge in [-0.15, -0.1) is 11.6 Å². The van der Waals surface area contributed by atoms with Crippen molar-refractivity contribution in [3.05, 3.63) is 11.5 Å². The number of nitrogens with one attached hydrogen (secondary N) is 1. The Morgan fingerprint density at radius 3 is 2.75 bits per heavy atom. The molecule has 0 saturated carbocycles. The molecule has 0 fully saturated rings. The fraction of sp³-hybridized carbons (Fsp3) is 0.615. The van der Waals surface area contributed by atoms with E-state index in [0.717, 1.165) is 29.2 Å². The monoisotopic (exact) mass is 297 g/mol. The first-order valence-electron chi connectivity index (χ1n) is 6.76. The van der Waals surface area contributed by atoms with E-state index in [0.29, 0.717) is 12.3 Å². The Balaban J connectivity index is 2.69. The van der Waals surface area contributed by atoms with E-state index in [1.165, 1.54) is 0 Å². The summed E-state index contributed by atoms with van der Waals surface area (Å²) in [5, 5.41) is 7.15. The van der Waals surface area contributed by atoms with Crippen LogP contribution in [-0.2, 0) is 17.8 Å². The van der Waals surface area contributed by atoms with Crippen LogP contribution in [0.15, 0.2) is 0 Å². The van der Waals surface area contributed by atoms with Gasteiger partial charge in [-0.25, -0.2) is 9.67 Å². The molecule has 20 heavy (non-hydrogen) atoms. The second-order valence-electron chi connectivity index (χ2n) is 4.70. The van der Waals surface area contributed by atoms with E-state index in [1.807, 2.05) is 30.0 Å². The van der Waals surface area contributed by atoms with E-state index < -0.39 is 0 Å². The summed E-state index contributed by atoms with van der Waals surface area (Å²) in [4.78, 5) is 16.6. The SMILES string of the molecule is CCn1nc(C)c2nc(CCCl)n(C(C)C(=O)NC)c21. The molecule has 0 aliphatic heterocycles. The first kappa shape index (κ1) is 14.8. The molecule has 2 heterocycles. The minimum Gasteiger partial charge on any atom is -0.357 e. The van der Waals surface area contributed by atoms with Crippen LogP contribution in [0.2, 0.25) is 0 Å². The van der Waals surface area contributed by atoms with Crippen LogP contribution < -0.4 is 5.32 Å². The van der Waals surface area contributed by atoms with E-state index in [1.54, 1.807) is 7.05 Å². The summed E-state index contributed by atoms with van der Waals surface area (Å²) in [6, 6.07) is -0.343. The van der Waals surface area contributed by atoms with Crippen molar-refractivity contribution in [1.82, 2.24) is 24.6 Å². The molecular weight excluding hydrogens is 278 g/mol. The number of alkyl halides is 1. The molecule has 1 amide bonds. The lowest BCUT2D eigenvalue weighted by Crippen LogP contribution is -2.29. The molecule has 0 aliphatic rings. The highest BCUT2D eigenvalue weighted by molar-refractivity contribution is 6.17. The average molecular weight is 298 g/mol. The van der Waals surface area contributed by atoms with E-state index in [4.69, 9.17) is 11.6 Å². The molecule has 0 saturated heterocycles. The Morgan fingerprint density at radius 2 is 2.20 bits per heavy atom. The van der Waals surface area contributed by atoms with Crippen molar-refractivity contribution in [1.29, 1.82) is 0 Å². The molecular formula is C13H20ClN5O. The maximum absolute atomic E-state index is 12.0. The Kier molecular flexibility index (Phi) is 4.32. The highest BCUT2D eigenvalue weighted by Crippen LogP contribution is 2.24. The van der Waals surface area contributed by atoms with Crippen LogP contribution in [0.3, 0.4) is 0 Å². The number of halogens is 1.